The van der Waals surface area contributed by atoms with E-state index in [-0.39, 0.29) is 17.9 Å². The summed E-state index contributed by atoms with van der Waals surface area (Å²) in [5.74, 6) is -1.37. The maximum atomic E-state index is 12.2. The zero-order valence-corrected chi connectivity index (χ0v) is 14.3. The van der Waals surface area contributed by atoms with Crippen molar-refractivity contribution < 1.29 is 22.5 Å². The van der Waals surface area contributed by atoms with E-state index in [1.54, 1.807) is 12.1 Å². The summed E-state index contributed by atoms with van der Waals surface area (Å²) in [7, 11) is -3.88. The zero-order chi connectivity index (χ0) is 16.9. The van der Waals surface area contributed by atoms with Gasteiger partial charge in [0.15, 0.2) is 0 Å². The smallest absolute Gasteiger partial charge is 0.303 e. The number of rotatable bonds is 8. The first-order valence-corrected chi connectivity index (χ1v) is 9.41. The lowest BCUT2D eigenvalue weighted by Crippen LogP contribution is -2.19. The van der Waals surface area contributed by atoms with Crippen LogP contribution < -0.4 is 0 Å². The quantitative estimate of drug-likeness (QED) is 0.737. The van der Waals surface area contributed by atoms with E-state index in [2.05, 4.69) is 0 Å². The first-order valence-electron chi connectivity index (χ1n) is 7.06. The summed E-state index contributed by atoms with van der Waals surface area (Å²) < 4.78 is 29.4. The lowest BCUT2D eigenvalue weighted by atomic mass is 9.99. The highest BCUT2D eigenvalue weighted by Crippen LogP contribution is 2.19. The van der Waals surface area contributed by atoms with Crippen molar-refractivity contribution in [3.8, 4) is 0 Å². The monoisotopic (exact) mass is 354 g/mol. The molecule has 0 fully saturated rings. The standard InChI is InChI=1S/C16H18O5S2/c1-12-2-4-15(5-3-12)23(19,20)21-10-14(9-16(17)18)8-13-6-7-22-11-13/h2-7,11,14H,8-10H2,1H3,(H,17,18). The second kappa shape index (κ2) is 7.72. The van der Waals surface area contributed by atoms with Crippen LogP contribution in [0.5, 0.6) is 0 Å². The third-order valence-corrected chi connectivity index (χ3v) is 5.36. The molecule has 0 saturated heterocycles. The van der Waals surface area contributed by atoms with Gasteiger partial charge in [-0.1, -0.05) is 17.7 Å². The second-order valence-electron chi connectivity index (χ2n) is 5.35. The molecular weight excluding hydrogens is 336 g/mol. The molecule has 7 heteroatoms. The number of aliphatic carboxylic acids is 1. The summed E-state index contributed by atoms with van der Waals surface area (Å²) in [5.41, 5.74) is 1.93. The van der Waals surface area contributed by atoms with Gasteiger partial charge in [0, 0.05) is 0 Å². The van der Waals surface area contributed by atoms with E-state index in [1.165, 1.54) is 23.5 Å². The minimum atomic E-state index is -3.88. The van der Waals surface area contributed by atoms with Gasteiger partial charge in [-0.05, 0) is 53.8 Å². The van der Waals surface area contributed by atoms with Crippen molar-refractivity contribution in [3.63, 3.8) is 0 Å². The number of thiophene rings is 1. The molecule has 1 atom stereocenters. The number of benzene rings is 1. The molecule has 0 aliphatic carbocycles. The fourth-order valence-corrected chi connectivity index (χ4v) is 3.80. The maximum absolute atomic E-state index is 12.2. The van der Waals surface area contributed by atoms with Crippen LogP contribution >= 0.6 is 11.3 Å². The van der Waals surface area contributed by atoms with E-state index >= 15 is 0 Å². The maximum Gasteiger partial charge on any atom is 0.303 e. The van der Waals surface area contributed by atoms with Crippen LogP contribution in [0, 0.1) is 12.8 Å². The van der Waals surface area contributed by atoms with Gasteiger partial charge < -0.3 is 5.11 Å². The minimum Gasteiger partial charge on any atom is -0.481 e. The predicted molar refractivity (Wildman–Crippen MR) is 88.1 cm³/mol. The van der Waals surface area contributed by atoms with Gasteiger partial charge >= 0.3 is 5.97 Å². The lowest BCUT2D eigenvalue weighted by molar-refractivity contribution is -0.138. The van der Waals surface area contributed by atoms with Gasteiger partial charge in [0.05, 0.1) is 17.9 Å². The Hall–Kier alpha value is -1.70. The third kappa shape index (κ3) is 5.46. The first kappa shape index (κ1) is 17.7. The van der Waals surface area contributed by atoms with Crippen LogP contribution in [-0.4, -0.2) is 26.1 Å². The molecular formula is C16H18O5S2. The van der Waals surface area contributed by atoms with Crippen molar-refractivity contribution in [1.82, 2.24) is 0 Å². The van der Waals surface area contributed by atoms with Crippen LogP contribution in [0.15, 0.2) is 46.0 Å². The van der Waals surface area contributed by atoms with E-state index in [0.29, 0.717) is 6.42 Å². The number of hydrogen-bond donors (Lipinski definition) is 1. The molecule has 1 heterocycles. The molecule has 1 unspecified atom stereocenters. The molecule has 23 heavy (non-hydrogen) atoms. The highest BCUT2D eigenvalue weighted by Gasteiger charge is 2.21. The lowest BCUT2D eigenvalue weighted by Gasteiger charge is -2.14. The molecule has 2 aromatic rings. The summed E-state index contributed by atoms with van der Waals surface area (Å²) in [5, 5.41) is 12.8. The molecule has 0 aliphatic rings. The zero-order valence-electron chi connectivity index (χ0n) is 12.6. The Kier molecular flexibility index (Phi) is 5.92. The molecule has 0 saturated carbocycles. The number of carboxylic acids is 1. The number of carboxylic acid groups (broad SMARTS) is 1. The van der Waals surface area contributed by atoms with Gasteiger partial charge in [-0.15, -0.1) is 0 Å². The van der Waals surface area contributed by atoms with Crippen LogP contribution in [0.4, 0.5) is 0 Å². The Morgan fingerprint density at radius 3 is 2.52 bits per heavy atom. The van der Waals surface area contributed by atoms with Gasteiger partial charge in [-0.3, -0.25) is 8.98 Å². The van der Waals surface area contributed by atoms with Crippen molar-refractivity contribution >= 4 is 27.4 Å². The molecule has 2 rings (SSSR count). The van der Waals surface area contributed by atoms with Crippen molar-refractivity contribution in [1.29, 1.82) is 0 Å². The van der Waals surface area contributed by atoms with Crippen LogP contribution in [0.3, 0.4) is 0 Å². The van der Waals surface area contributed by atoms with Gasteiger partial charge in [0.25, 0.3) is 10.1 Å². The number of carbonyl (C=O) groups is 1. The van der Waals surface area contributed by atoms with Gasteiger partial charge in [-0.25, -0.2) is 0 Å². The van der Waals surface area contributed by atoms with Crippen molar-refractivity contribution in [2.24, 2.45) is 5.92 Å². The number of aryl methyl sites for hydroxylation is 1. The van der Waals surface area contributed by atoms with Gasteiger partial charge in [0.1, 0.15) is 0 Å². The topological polar surface area (TPSA) is 80.7 Å². The summed E-state index contributed by atoms with van der Waals surface area (Å²) in [6, 6.07) is 8.24. The second-order valence-corrected chi connectivity index (χ2v) is 7.75. The summed E-state index contributed by atoms with van der Waals surface area (Å²) in [6.45, 7) is 1.71. The molecule has 0 spiro atoms. The van der Waals surface area contributed by atoms with Crippen LogP contribution in [0.1, 0.15) is 17.5 Å². The molecule has 0 bridgehead atoms. The Balaban J connectivity index is 2.04. The van der Waals surface area contributed by atoms with Crippen molar-refractivity contribution in [2.45, 2.75) is 24.7 Å². The summed E-state index contributed by atoms with van der Waals surface area (Å²) >= 11 is 1.52. The van der Waals surface area contributed by atoms with Gasteiger partial charge in [-0.2, -0.15) is 19.8 Å². The first-order chi connectivity index (χ1) is 10.9. The van der Waals surface area contributed by atoms with E-state index in [4.69, 9.17) is 9.29 Å². The Morgan fingerprint density at radius 2 is 1.96 bits per heavy atom. The molecule has 0 aliphatic heterocycles. The Bertz CT molecular complexity index is 733. The van der Waals surface area contributed by atoms with Crippen LogP contribution in [-0.2, 0) is 25.5 Å². The average molecular weight is 354 g/mol. The highest BCUT2D eigenvalue weighted by atomic mass is 32.2. The van der Waals surface area contributed by atoms with Crippen molar-refractivity contribution in [3.05, 3.63) is 52.2 Å². The van der Waals surface area contributed by atoms with E-state index in [0.717, 1.165) is 11.1 Å². The molecule has 5 nitrogen and oxygen atoms in total. The van der Waals surface area contributed by atoms with Gasteiger partial charge in [0.2, 0.25) is 0 Å². The molecule has 0 radical (unpaired) electrons. The molecule has 1 N–H and O–H groups in total. The number of hydrogen-bond acceptors (Lipinski definition) is 5. The summed E-state index contributed by atoms with van der Waals surface area (Å²) in [6.07, 6.45) is 0.332. The SMILES string of the molecule is Cc1ccc(S(=O)(=O)OCC(CC(=O)O)Cc2ccsc2)cc1. The summed E-state index contributed by atoms with van der Waals surface area (Å²) in [4.78, 5) is 11.0. The molecule has 1 aromatic carbocycles. The predicted octanol–water partition coefficient (Wildman–Crippen LogP) is 3.10. The van der Waals surface area contributed by atoms with Crippen LogP contribution in [0.25, 0.3) is 0 Å². The average Bonchev–Trinajstić information content (AvgIpc) is 2.98. The molecule has 124 valence electrons. The highest BCUT2D eigenvalue weighted by molar-refractivity contribution is 7.86. The minimum absolute atomic E-state index is 0.0766. The fraction of sp³-hybridized carbons (Fsp3) is 0.312. The molecule has 1 aromatic heterocycles. The van der Waals surface area contributed by atoms with Crippen LogP contribution in [0.2, 0.25) is 0 Å². The van der Waals surface area contributed by atoms with Crippen molar-refractivity contribution in [2.75, 3.05) is 6.61 Å². The van der Waals surface area contributed by atoms with E-state index in [9.17, 15) is 13.2 Å². The molecule has 0 amide bonds. The third-order valence-electron chi connectivity index (χ3n) is 3.34. The fourth-order valence-electron chi connectivity index (χ4n) is 2.14. The largest absolute Gasteiger partial charge is 0.481 e. The van der Waals surface area contributed by atoms with E-state index in [1.807, 2.05) is 23.8 Å². The Labute approximate surface area is 139 Å². The van der Waals surface area contributed by atoms with E-state index < -0.39 is 22.0 Å². The normalized spacial score (nSPS) is 12.9. The Morgan fingerprint density at radius 1 is 1.26 bits per heavy atom.